The first-order chi connectivity index (χ1) is 4.99. The van der Waals surface area contributed by atoms with Crippen molar-refractivity contribution in [1.82, 2.24) is 4.57 Å². The molecule has 0 atom stereocenters. The number of aromatic nitrogens is 1. The smallest absolute Gasteiger partial charge is 0.448 e. The van der Waals surface area contributed by atoms with E-state index in [4.69, 9.17) is 0 Å². The molecule has 0 bridgehead atoms. The van der Waals surface area contributed by atoms with E-state index >= 15 is 0 Å². The summed E-state index contributed by atoms with van der Waals surface area (Å²) in [4.78, 5) is 10.0. The molecule has 0 saturated heterocycles. The first-order valence-corrected chi connectivity index (χ1v) is 3.72. The predicted molar refractivity (Wildman–Crippen MR) is 37.7 cm³/mol. The van der Waals surface area contributed by atoms with Crippen LogP contribution in [0.1, 0.15) is 0 Å². The van der Waals surface area contributed by atoms with Gasteiger partial charge in [0.15, 0.2) is 0 Å². The van der Waals surface area contributed by atoms with Crippen molar-refractivity contribution in [2.45, 2.75) is 6.44 Å². The zero-order chi connectivity index (χ0) is 8.48. The molecule has 0 aliphatic rings. The Morgan fingerprint density at radius 3 is 2.55 bits per heavy atom. The third-order valence-electron chi connectivity index (χ3n) is 1.05. The largest absolute Gasteiger partial charge is 0.497 e. The molecule has 0 saturated carbocycles. The Labute approximate surface area is 64.3 Å². The predicted octanol–water partition coefficient (Wildman–Crippen LogP) is 1.30. The van der Waals surface area contributed by atoms with Crippen molar-refractivity contribution in [2.24, 2.45) is 0 Å². The monoisotopic (exact) mass is 182 g/mol. The van der Waals surface area contributed by atoms with Crippen molar-refractivity contribution in [3.05, 3.63) is 21.2 Å². The molecule has 0 N–H and O–H groups in total. The lowest BCUT2D eigenvalue weighted by molar-refractivity contribution is 0.444. The summed E-state index contributed by atoms with van der Waals surface area (Å²) in [7, 11) is 0. The normalized spacial score (nSPS) is 11.9. The van der Waals surface area contributed by atoms with E-state index in [0.29, 0.717) is 4.57 Å². The lowest BCUT2D eigenvalue weighted by atomic mass is 9.92. The Hall–Kier alpha value is -0.715. The summed E-state index contributed by atoms with van der Waals surface area (Å²) in [5.41, 5.74) is 0. The van der Waals surface area contributed by atoms with Gasteiger partial charge in [0.2, 0.25) is 0 Å². The molecule has 0 spiro atoms. The van der Waals surface area contributed by atoms with Gasteiger partial charge in [0.1, 0.15) is 0 Å². The van der Waals surface area contributed by atoms with Crippen molar-refractivity contribution in [2.75, 3.05) is 0 Å². The molecule has 1 rings (SSSR count). The van der Waals surface area contributed by atoms with Crippen LogP contribution in [-0.2, 0) is 6.44 Å². The Kier molecular flexibility index (Phi) is 2.08. The van der Waals surface area contributed by atoms with E-state index in [2.05, 4.69) is 0 Å². The van der Waals surface area contributed by atoms with E-state index in [9.17, 15) is 17.7 Å². The van der Waals surface area contributed by atoms with Crippen LogP contribution in [0.25, 0.3) is 0 Å². The molecule has 0 radical (unpaired) electrons. The Bertz CT molecular complexity index is 290. The average molecular weight is 182 g/mol. The lowest BCUT2D eigenvalue weighted by Gasteiger charge is -2.12. The second kappa shape index (κ2) is 2.73. The van der Waals surface area contributed by atoms with E-state index < -0.39 is 18.3 Å². The van der Waals surface area contributed by atoms with E-state index in [1.165, 1.54) is 5.38 Å². The summed E-state index contributed by atoms with van der Waals surface area (Å²) in [6, 6.07) is 0. The highest BCUT2D eigenvalue weighted by atomic mass is 32.1. The Morgan fingerprint density at radius 1 is 1.55 bits per heavy atom. The standard InChI is InChI=1S/C4H4BF3NOS/c6-5(7,8)3-9-1-2-11-4(9)10/h1-2H,3H2/q-1. The SMILES string of the molecule is O=c1sccn1C[B-](F)(F)F. The molecular formula is C4H4BF3NOS-. The van der Waals surface area contributed by atoms with Crippen LogP contribution in [0.3, 0.4) is 0 Å². The summed E-state index contributed by atoms with van der Waals surface area (Å²) in [6.07, 6.45) is 0.00454. The van der Waals surface area contributed by atoms with Gasteiger partial charge in [0.25, 0.3) is 0 Å². The fraction of sp³-hybridized carbons (Fsp3) is 0.250. The molecule has 2 nitrogen and oxygen atoms in total. The van der Waals surface area contributed by atoms with Gasteiger partial charge in [0.05, 0.1) is 0 Å². The van der Waals surface area contributed by atoms with Crippen molar-refractivity contribution < 1.29 is 12.9 Å². The van der Waals surface area contributed by atoms with Gasteiger partial charge in [-0.1, -0.05) is 11.3 Å². The second-order valence-corrected chi connectivity index (χ2v) is 2.89. The summed E-state index contributed by atoms with van der Waals surface area (Å²) in [5, 5.41) is 1.34. The van der Waals surface area contributed by atoms with E-state index in [0.717, 1.165) is 17.5 Å². The van der Waals surface area contributed by atoms with Gasteiger partial charge in [0, 0.05) is 11.6 Å². The van der Waals surface area contributed by atoms with Gasteiger partial charge < -0.3 is 17.5 Å². The minimum absolute atomic E-state index is 0.566. The Balaban J connectivity index is 2.80. The molecule has 0 aliphatic carbocycles. The maximum Gasteiger partial charge on any atom is 0.497 e. The van der Waals surface area contributed by atoms with Crippen LogP contribution in [0, 0.1) is 0 Å². The Morgan fingerprint density at radius 2 is 2.18 bits per heavy atom. The molecule has 0 unspecified atom stereocenters. The number of nitrogens with zero attached hydrogens (tertiary/aromatic N) is 1. The van der Waals surface area contributed by atoms with Crippen molar-refractivity contribution in [3.63, 3.8) is 0 Å². The van der Waals surface area contributed by atoms with Gasteiger partial charge >= 0.3 is 11.9 Å². The van der Waals surface area contributed by atoms with Crippen LogP contribution in [-0.4, -0.2) is 11.5 Å². The van der Waals surface area contributed by atoms with Gasteiger partial charge in [-0.25, -0.2) is 0 Å². The number of hydrogen-bond donors (Lipinski definition) is 0. The zero-order valence-electron chi connectivity index (χ0n) is 5.34. The fourth-order valence-electron chi connectivity index (χ4n) is 0.649. The maximum absolute atomic E-state index is 11.7. The summed E-state index contributed by atoms with van der Waals surface area (Å²) in [5.74, 6) is 0. The van der Waals surface area contributed by atoms with Crippen LogP contribution in [0.2, 0.25) is 0 Å². The number of halogens is 3. The first kappa shape index (κ1) is 8.38. The van der Waals surface area contributed by atoms with Crippen LogP contribution in [0.4, 0.5) is 12.9 Å². The van der Waals surface area contributed by atoms with Crippen molar-refractivity contribution in [1.29, 1.82) is 0 Å². The third kappa shape index (κ3) is 2.41. The summed E-state index contributed by atoms with van der Waals surface area (Å²) < 4.78 is 35.8. The van der Waals surface area contributed by atoms with Crippen LogP contribution >= 0.6 is 11.3 Å². The molecule has 0 aromatic carbocycles. The summed E-state index contributed by atoms with van der Waals surface area (Å²) >= 11 is 0.762. The molecule has 0 aliphatic heterocycles. The zero-order valence-corrected chi connectivity index (χ0v) is 6.15. The van der Waals surface area contributed by atoms with E-state index in [1.54, 1.807) is 0 Å². The van der Waals surface area contributed by atoms with Gasteiger partial charge in [-0.05, 0) is 6.44 Å². The highest BCUT2D eigenvalue weighted by Crippen LogP contribution is 2.10. The minimum Gasteiger partial charge on any atom is -0.448 e. The molecule has 1 aromatic heterocycles. The molecule has 62 valence electrons. The van der Waals surface area contributed by atoms with Crippen LogP contribution < -0.4 is 4.87 Å². The molecule has 1 heterocycles. The van der Waals surface area contributed by atoms with Crippen LogP contribution in [0.15, 0.2) is 16.4 Å². The van der Waals surface area contributed by atoms with Crippen molar-refractivity contribution in [3.8, 4) is 0 Å². The molecule has 1 aromatic rings. The van der Waals surface area contributed by atoms with Gasteiger partial charge in [-0.3, -0.25) is 4.79 Å². The number of hydrogen-bond acceptors (Lipinski definition) is 2. The molecular weight excluding hydrogens is 178 g/mol. The second-order valence-electron chi connectivity index (χ2n) is 2.03. The molecule has 0 amide bonds. The van der Waals surface area contributed by atoms with Gasteiger partial charge in [-0.15, -0.1) is 0 Å². The minimum atomic E-state index is -4.90. The number of thiazole rings is 1. The highest BCUT2D eigenvalue weighted by molar-refractivity contribution is 7.07. The van der Waals surface area contributed by atoms with E-state index in [1.807, 2.05) is 0 Å². The maximum atomic E-state index is 11.7. The van der Waals surface area contributed by atoms with Gasteiger partial charge in [-0.2, -0.15) is 0 Å². The molecule has 7 heteroatoms. The average Bonchev–Trinajstić information content (AvgIpc) is 2.12. The topological polar surface area (TPSA) is 22.0 Å². The lowest BCUT2D eigenvalue weighted by Crippen LogP contribution is -2.28. The highest BCUT2D eigenvalue weighted by Gasteiger charge is 2.23. The first-order valence-electron chi connectivity index (χ1n) is 2.84. The molecule has 0 fully saturated rings. The van der Waals surface area contributed by atoms with E-state index in [-0.39, 0.29) is 0 Å². The fourth-order valence-corrected chi connectivity index (χ4v) is 1.24. The molecule has 11 heavy (non-hydrogen) atoms. The van der Waals surface area contributed by atoms with Crippen molar-refractivity contribution >= 4 is 18.3 Å². The van der Waals surface area contributed by atoms with Crippen LogP contribution in [0.5, 0.6) is 0 Å². The quantitative estimate of drug-likeness (QED) is 0.631. The third-order valence-corrected chi connectivity index (χ3v) is 1.74. The summed E-state index contributed by atoms with van der Waals surface area (Å²) in [6.45, 7) is -4.90. The number of rotatable bonds is 2.